The summed E-state index contributed by atoms with van der Waals surface area (Å²) in [6, 6.07) is -1.07. The number of hydrogen-bond donors (Lipinski definition) is 3. The molecule has 0 aromatic carbocycles. The highest BCUT2D eigenvalue weighted by Crippen LogP contribution is 2.31. The molecule has 2 saturated heterocycles. The highest BCUT2D eigenvalue weighted by atomic mass is 16.4. The van der Waals surface area contributed by atoms with Crippen molar-refractivity contribution in [3.05, 3.63) is 0 Å². The second-order valence-electron chi connectivity index (χ2n) is 4.70. The van der Waals surface area contributed by atoms with Crippen LogP contribution < -0.4 is 11.1 Å². The molecule has 2 heterocycles. The molecule has 2 aliphatic heterocycles. The molecule has 7 heteroatoms. The van der Waals surface area contributed by atoms with Crippen LogP contribution in [0.5, 0.6) is 0 Å². The van der Waals surface area contributed by atoms with Gasteiger partial charge in [0.1, 0.15) is 6.04 Å². The van der Waals surface area contributed by atoms with Crippen LogP contribution in [0.1, 0.15) is 12.8 Å². The van der Waals surface area contributed by atoms with Crippen molar-refractivity contribution in [2.75, 3.05) is 19.6 Å². The fourth-order valence-corrected chi connectivity index (χ4v) is 2.64. The van der Waals surface area contributed by atoms with Crippen molar-refractivity contribution in [1.82, 2.24) is 10.2 Å². The summed E-state index contributed by atoms with van der Waals surface area (Å²) < 4.78 is 0. The number of carboxylic acid groups (broad SMARTS) is 1. The standard InChI is InChI=1S/C11H17N3O4/c12-3-1-2-8(11(17)18)14-9(15)6-4-13-5-7(6)10(14)16/h6-8,13H,1-5,12H2,(H,17,18)/t6?,7?,8-/m0/s1. The Bertz CT molecular complexity index is 362. The number of imide groups is 1. The summed E-state index contributed by atoms with van der Waals surface area (Å²) in [5, 5.41) is 12.1. The molecule has 4 N–H and O–H groups in total. The third kappa shape index (κ3) is 1.99. The van der Waals surface area contributed by atoms with E-state index in [1.165, 1.54) is 0 Å². The van der Waals surface area contributed by atoms with E-state index < -0.39 is 23.8 Å². The predicted octanol–water partition coefficient (Wildman–Crippen LogP) is -1.62. The van der Waals surface area contributed by atoms with Gasteiger partial charge in [0.15, 0.2) is 0 Å². The summed E-state index contributed by atoms with van der Waals surface area (Å²) in [5.74, 6) is -2.65. The van der Waals surface area contributed by atoms with Crippen molar-refractivity contribution in [2.24, 2.45) is 17.6 Å². The molecule has 100 valence electrons. The summed E-state index contributed by atoms with van der Waals surface area (Å²) in [6.45, 7) is 1.25. The minimum atomic E-state index is -1.14. The van der Waals surface area contributed by atoms with Gasteiger partial charge < -0.3 is 16.2 Å². The molecule has 2 unspecified atom stereocenters. The molecule has 0 radical (unpaired) electrons. The van der Waals surface area contributed by atoms with E-state index in [2.05, 4.69) is 5.32 Å². The lowest BCUT2D eigenvalue weighted by molar-refractivity contribution is -0.155. The van der Waals surface area contributed by atoms with Gasteiger partial charge in [-0.25, -0.2) is 4.79 Å². The fourth-order valence-electron chi connectivity index (χ4n) is 2.64. The molecule has 2 amide bonds. The Labute approximate surface area is 104 Å². The highest BCUT2D eigenvalue weighted by Gasteiger charge is 2.53. The Balaban J connectivity index is 2.17. The number of nitrogens with zero attached hydrogens (tertiary/aromatic N) is 1. The van der Waals surface area contributed by atoms with E-state index in [0.29, 0.717) is 26.1 Å². The second kappa shape index (κ2) is 5.03. The minimum absolute atomic E-state index is 0.218. The summed E-state index contributed by atoms with van der Waals surface area (Å²) in [6.07, 6.45) is 0.692. The first-order chi connectivity index (χ1) is 8.57. The number of likely N-dealkylation sites (tertiary alicyclic amines) is 1. The van der Waals surface area contributed by atoms with E-state index in [1.54, 1.807) is 0 Å². The van der Waals surface area contributed by atoms with E-state index in [0.717, 1.165) is 4.90 Å². The molecule has 18 heavy (non-hydrogen) atoms. The zero-order valence-electron chi connectivity index (χ0n) is 9.96. The molecule has 0 aliphatic carbocycles. The Morgan fingerprint density at radius 3 is 2.39 bits per heavy atom. The number of amides is 2. The third-order valence-corrected chi connectivity index (χ3v) is 3.60. The van der Waals surface area contributed by atoms with Gasteiger partial charge in [0, 0.05) is 13.1 Å². The van der Waals surface area contributed by atoms with Crippen molar-refractivity contribution < 1.29 is 19.5 Å². The maximum absolute atomic E-state index is 12.1. The summed E-state index contributed by atoms with van der Waals surface area (Å²) in [4.78, 5) is 36.3. The lowest BCUT2D eigenvalue weighted by Crippen LogP contribution is -2.47. The number of nitrogens with one attached hydrogen (secondary N) is 1. The monoisotopic (exact) mass is 255 g/mol. The van der Waals surface area contributed by atoms with E-state index in [9.17, 15) is 14.4 Å². The zero-order chi connectivity index (χ0) is 13.3. The number of carbonyl (C=O) groups is 3. The van der Waals surface area contributed by atoms with E-state index in [-0.39, 0.29) is 18.2 Å². The lowest BCUT2D eigenvalue weighted by atomic mass is 10.00. The number of fused-ring (bicyclic) bond motifs is 1. The van der Waals surface area contributed by atoms with Gasteiger partial charge in [-0.15, -0.1) is 0 Å². The number of rotatable bonds is 5. The van der Waals surface area contributed by atoms with Gasteiger partial charge in [-0.1, -0.05) is 0 Å². The van der Waals surface area contributed by atoms with Crippen LogP contribution in [-0.2, 0) is 14.4 Å². The second-order valence-corrected chi connectivity index (χ2v) is 4.70. The molecule has 3 atom stereocenters. The molecule has 2 aliphatic rings. The van der Waals surface area contributed by atoms with Crippen LogP contribution in [0.2, 0.25) is 0 Å². The number of carboxylic acids is 1. The quantitative estimate of drug-likeness (QED) is 0.509. The Hall–Kier alpha value is -1.47. The fraction of sp³-hybridized carbons (Fsp3) is 0.727. The van der Waals surface area contributed by atoms with Crippen molar-refractivity contribution in [2.45, 2.75) is 18.9 Å². The predicted molar refractivity (Wildman–Crippen MR) is 61.4 cm³/mol. The van der Waals surface area contributed by atoms with Gasteiger partial charge in [0.25, 0.3) is 0 Å². The lowest BCUT2D eigenvalue weighted by Gasteiger charge is -2.23. The van der Waals surface area contributed by atoms with Crippen LogP contribution >= 0.6 is 0 Å². The number of aliphatic carboxylic acids is 1. The van der Waals surface area contributed by atoms with Crippen molar-refractivity contribution >= 4 is 17.8 Å². The zero-order valence-corrected chi connectivity index (χ0v) is 9.96. The van der Waals surface area contributed by atoms with Gasteiger partial charge in [0.05, 0.1) is 11.8 Å². The molecule has 0 aromatic heterocycles. The molecule has 0 bridgehead atoms. The molecular weight excluding hydrogens is 238 g/mol. The van der Waals surface area contributed by atoms with Gasteiger partial charge >= 0.3 is 5.97 Å². The van der Waals surface area contributed by atoms with Crippen LogP contribution in [-0.4, -0.2) is 53.5 Å². The summed E-state index contributed by atoms with van der Waals surface area (Å²) >= 11 is 0. The van der Waals surface area contributed by atoms with Crippen LogP contribution in [0, 0.1) is 11.8 Å². The van der Waals surface area contributed by atoms with Gasteiger partial charge in [0.2, 0.25) is 11.8 Å². The van der Waals surface area contributed by atoms with E-state index in [4.69, 9.17) is 10.8 Å². The molecule has 0 aromatic rings. The summed E-state index contributed by atoms with van der Waals surface area (Å²) in [7, 11) is 0. The Kier molecular flexibility index (Phi) is 3.63. The normalized spacial score (nSPS) is 28.6. The average molecular weight is 255 g/mol. The Morgan fingerprint density at radius 1 is 1.39 bits per heavy atom. The van der Waals surface area contributed by atoms with Crippen molar-refractivity contribution in [3.8, 4) is 0 Å². The van der Waals surface area contributed by atoms with Crippen LogP contribution in [0.25, 0.3) is 0 Å². The van der Waals surface area contributed by atoms with Gasteiger partial charge in [-0.3, -0.25) is 14.5 Å². The van der Waals surface area contributed by atoms with Crippen LogP contribution in [0.3, 0.4) is 0 Å². The minimum Gasteiger partial charge on any atom is -0.480 e. The molecule has 7 nitrogen and oxygen atoms in total. The first kappa shape index (κ1) is 13.0. The molecule has 2 fully saturated rings. The smallest absolute Gasteiger partial charge is 0.326 e. The third-order valence-electron chi connectivity index (χ3n) is 3.60. The van der Waals surface area contributed by atoms with Crippen LogP contribution in [0.4, 0.5) is 0 Å². The molecule has 0 spiro atoms. The Morgan fingerprint density at radius 2 is 1.94 bits per heavy atom. The highest BCUT2D eigenvalue weighted by molar-refractivity contribution is 6.08. The maximum atomic E-state index is 12.1. The molecule has 0 saturated carbocycles. The summed E-state index contributed by atoms with van der Waals surface area (Å²) in [5.41, 5.74) is 5.35. The topological polar surface area (TPSA) is 113 Å². The number of nitrogens with two attached hydrogens (primary N) is 1. The average Bonchev–Trinajstić information content (AvgIpc) is 2.88. The van der Waals surface area contributed by atoms with Crippen molar-refractivity contribution in [3.63, 3.8) is 0 Å². The van der Waals surface area contributed by atoms with Gasteiger partial charge in [-0.05, 0) is 19.4 Å². The van der Waals surface area contributed by atoms with Gasteiger partial charge in [-0.2, -0.15) is 0 Å². The first-order valence-corrected chi connectivity index (χ1v) is 6.08. The first-order valence-electron chi connectivity index (χ1n) is 6.08. The SMILES string of the molecule is NCCC[C@@H](C(=O)O)N1C(=O)C2CNCC2C1=O. The number of hydrogen-bond acceptors (Lipinski definition) is 5. The molecular formula is C11H17N3O4. The largest absolute Gasteiger partial charge is 0.480 e. The van der Waals surface area contributed by atoms with E-state index in [1.807, 2.05) is 0 Å². The molecule has 2 rings (SSSR count). The number of carbonyl (C=O) groups excluding carboxylic acids is 2. The maximum Gasteiger partial charge on any atom is 0.326 e. The van der Waals surface area contributed by atoms with Crippen molar-refractivity contribution in [1.29, 1.82) is 0 Å². The van der Waals surface area contributed by atoms with Crippen LogP contribution in [0.15, 0.2) is 0 Å². The van der Waals surface area contributed by atoms with E-state index >= 15 is 0 Å².